The van der Waals surface area contributed by atoms with Crippen molar-refractivity contribution in [2.45, 2.75) is 19.4 Å². The molecule has 6 heteroatoms. The third kappa shape index (κ3) is 2.99. The van der Waals surface area contributed by atoms with Crippen molar-refractivity contribution in [2.24, 2.45) is 0 Å². The van der Waals surface area contributed by atoms with Gasteiger partial charge in [-0.1, -0.05) is 13.0 Å². The summed E-state index contributed by atoms with van der Waals surface area (Å²) in [6.45, 7) is 3.54. The highest BCUT2D eigenvalue weighted by molar-refractivity contribution is 5.92. The molecule has 3 rings (SSSR count). The number of hydrogen-bond donors (Lipinski definition) is 1. The number of pyridine rings is 1. The summed E-state index contributed by atoms with van der Waals surface area (Å²) in [5, 5.41) is 3.00. The topological polar surface area (TPSA) is 71.0 Å². The van der Waals surface area contributed by atoms with E-state index in [1.165, 1.54) is 6.33 Å². The largest absolute Gasteiger partial charge is 0.352 e. The molecular formula is C15H17N5O. The zero-order valence-electron chi connectivity index (χ0n) is 11.9. The Morgan fingerprint density at radius 3 is 2.95 bits per heavy atom. The van der Waals surface area contributed by atoms with Gasteiger partial charge in [0.15, 0.2) is 0 Å². The predicted octanol–water partition coefficient (Wildman–Crippen LogP) is 1.05. The van der Waals surface area contributed by atoms with E-state index in [0.717, 1.165) is 31.0 Å². The zero-order valence-corrected chi connectivity index (χ0v) is 11.9. The highest BCUT2D eigenvalue weighted by Crippen LogP contribution is 2.17. The predicted molar refractivity (Wildman–Crippen MR) is 79.1 cm³/mol. The normalized spacial score (nSPS) is 14.6. The number of amides is 1. The number of carbonyl (C=O) groups excluding carboxylic acids is 1. The molecule has 0 bridgehead atoms. The van der Waals surface area contributed by atoms with Gasteiger partial charge in [-0.25, -0.2) is 15.0 Å². The maximum Gasteiger partial charge on any atom is 0.270 e. The first-order valence-electron chi connectivity index (χ1n) is 7.04. The van der Waals surface area contributed by atoms with Crippen molar-refractivity contribution < 1.29 is 4.79 Å². The fraction of sp³-hybridized carbons (Fsp3) is 0.333. The highest BCUT2D eigenvalue weighted by atomic mass is 16.2. The molecule has 2 aromatic heterocycles. The quantitative estimate of drug-likeness (QED) is 0.908. The van der Waals surface area contributed by atoms with Gasteiger partial charge in [0.05, 0.1) is 6.04 Å². The molecule has 1 N–H and O–H groups in total. The summed E-state index contributed by atoms with van der Waals surface area (Å²) < 4.78 is 0. The second kappa shape index (κ2) is 5.87. The Kier molecular flexibility index (Phi) is 3.77. The van der Waals surface area contributed by atoms with Crippen LogP contribution in [0.3, 0.4) is 0 Å². The average Bonchev–Trinajstić information content (AvgIpc) is 2.51. The smallest absolute Gasteiger partial charge is 0.270 e. The van der Waals surface area contributed by atoms with Crippen LogP contribution in [0.25, 0.3) is 0 Å². The molecule has 1 saturated heterocycles. The van der Waals surface area contributed by atoms with Crippen molar-refractivity contribution in [3.8, 4) is 0 Å². The van der Waals surface area contributed by atoms with Gasteiger partial charge in [-0.15, -0.1) is 0 Å². The van der Waals surface area contributed by atoms with Crippen molar-refractivity contribution in [3.63, 3.8) is 0 Å². The number of hydrogen-bond acceptors (Lipinski definition) is 5. The van der Waals surface area contributed by atoms with Gasteiger partial charge in [0, 0.05) is 25.0 Å². The molecule has 108 valence electrons. The second-order valence-corrected chi connectivity index (χ2v) is 5.01. The van der Waals surface area contributed by atoms with Crippen molar-refractivity contribution in [1.82, 2.24) is 20.3 Å². The van der Waals surface area contributed by atoms with E-state index in [9.17, 15) is 4.79 Å². The number of carbonyl (C=O) groups is 1. The fourth-order valence-electron chi connectivity index (χ4n) is 2.29. The molecule has 0 radical (unpaired) electrons. The highest BCUT2D eigenvalue weighted by Gasteiger charge is 2.29. The van der Waals surface area contributed by atoms with Gasteiger partial charge in [0.1, 0.15) is 17.8 Å². The van der Waals surface area contributed by atoms with Crippen molar-refractivity contribution in [3.05, 3.63) is 48.2 Å². The summed E-state index contributed by atoms with van der Waals surface area (Å²) >= 11 is 0. The van der Waals surface area contributed by atoms with Crippen LogP contribution in [0.15, 0.2) is 36.8 Å². The molecule has 1 aliphatic rings. The maximum absolute atomic E-state index is 12.1. The maximum atomic E-state index is 12.1. The molecule has 21 heavy (non-hydrogen) atoms. The Bertz CT molecular complexity index is 625. The molecule has 0 saturated carbocycles. The minimum absolute atomic E-state index is 0.113. The minimum atomic E-state index is -0.113. The molecule has 1 fully saturated rings. The van der Waals surface area contributed by atoms with E-state index >= 15 is 0 Å². The van der Waals surface area contributed by atoms with Crippen molar-refractivity contribution in [2.75, 3.05) is 18.0 Å². The molecule has 0 unspecified atom stereocenters. The molecule has 6 nitrogen and oxygen atoms in total. The lowest BCUT2D eigenvalue weighted by Gasteiger charge is -2.40. The van der Waals surface area contributed by atoms with Crippen LogP contribution in [0.1, 0.15) is 23.1 Å². The van der Waals surface area contributed by atoms with E-state index in [-0.39, 0.29) is 11.9 Å². The van der Waals surface area contributed by atoms with E-state index in [0.29, 0.717) is 5.69 Å². The van der Waals surface area contributed by atoms with Crippen LogP contribution in [0, 0.1) is 0 Å². The van der Waals surface area contributed by atoms with Crippen LogP contribution < -0.4 is 10.2 Å². The zero-order chi connectivity index (χ0) is 14.7. The summed E-state index contributed by atoms with van der Waals surface area (Å²) in [7, 11) is 0. The Morgan fingerprint density at radius 2 is 2.24 bits per heavy atom. The van der Waals surface area contributed by atoms with Crippen LogP contribution in [-0.2, 0) is 6.42 Å². The van der Waals surface area contributed by atoms with E-state index in [2.05, 4.69) is 25.2 Å². The van der Waals surface area contributed by atoms with Gasteiger partial charge >= 0.3 is 0 Å². The lowest BCUT2D eigenvalue weighted by atomic mass is 10.1. The summed E-state index contributed by atoms with van der Waals surface area (Å²) in [6, 6.07) is 7.55. The van der Waals surface area contributed by atoms with Crippen LogP contribution in [0.4, 0.5) is 5.82 Å². The summed E-state index contributed by atoms with van der Waals surface area (Å²) in [6.07, 6.45) is 4.07. The molecule has 0 spiro atoms. The third-order valence-corrected chi connectivity index (χ3v) is 3.51. The van der Waals surface area contributed by atoms with Gasteiger partial charge in [0.25, 0.3) is 5.91 Å². The first-order chi connectivity index (χ1) is 10.3. The second-order valence-electron chi connectivity index (χ2n) is 5.01. The number of rotatable bonds is 4. The lowest BCUT2D eigenvalue weighted by molar-refractivity contribution is 0.0925. The lowest BCUT2D eigenvalue weighted by Crippen LogP contribution is -2.59. The van der Waals surface area contributed by atoms with Crippen molar-refractivity contribution in [1.29, 1.82) is 0 Å². The number of aromatic nitrogens is 3. The SMILES string of the molecule is CCc1cccc(C(=O)NC2CN(c3ccncn3)C2)n1. The molecule has 0 atom stereocenters. The Balaban J connectivity index is 1.55. The monoisotopic (exact) mass is 283 g/mol. The Hall–Kier alpha value is -2.50. The van der Waals surface area contributed by atoms with E-state index < -0.39 is 0 Å². The average molecular weight is 283 g/mol. The number of nitrogens with one attached hydrogen (secondary N) is 1. The Labute approximate surface area is 123 Å². The fourth-order valence-corrected chi connectivity index (χ4v) is 2.29. The van der Waals surface area contributed by atoms with Crippen LogP contribution >= 0.6 is 0 Å². The van der Waals surface area contributed by atoms with E-state index in [1.807, 2.05) is 25.1 Å². The first-order valence-corrected chi connectivity index (χ1v) is 7.04. The Morgan fingerprint density at radius 1 is 1.38 bits per heavy atom. The summed E-state index contributed by atoms with van der Waals surface area (Å²) in [4.78, 5) is 26.7. The minimum Gasteiger partial charge on any atom is -0.352 e. The molecule has 2 aromatic rings. The van der Waals surface area contributed by atoms with Crippen LogP contribution in [0.5, 0.6) is 0 Å². The van der Waals surface area contributed by atoms with Gasteiger partial charge < -0.3 is 10.2 Å². The van der Waals surface area contributed by atoms with Gasteiger partial charge in [-0.2, -0.15) is 0 Å². The standard InChI is InChI=1S/C15H17N5O/c1-2-11-4-3-5-13(18-11)15(21)19-12-8-20(9-12)14-6-7-16-10-17-14/h3-7,10,12H,2,8-9H2,1H3,(H,19,21). The molecule has 0 aromatic carbocycles. The molecule has 1 aliphatic heterocycles. The van der Waals surface area contributed by atoms with Gasteiger partial charge in [-0.3, -0.25) is 4.79 Å². The number of anilines is 1. The third-order valence-electron chi connectivity index (χ3n) is 3.51. The van der Waals surface area contributed by atoms with Crippen LogP contribution in [-0.4, -0.2) is 40.0 Å². The first kappa shape index (κ1) is 13.5. The molecule has 0 aliphatic carbocycles. The number of aryl methyl sites for hydroxylation is 1. The van der Waals surface area contributed by atoms with Gasteiger partial charge in [0.2, 0.25) is 0 Å². The van der Waals surface area contributed by atoms with Crippen molar-refractivity contribution >= 4 is 11.7 Å². The summed E-state index contributed by atoms with van der Waals surface area (Å²) in [5.41, 5.74) is 1.41. The summed E-state index contributed by atoms with van der Waals surface area (Å²) in [5.74, 6) is 0.777. The molecular weight excluding hydrogens is 266 g/mol. The van der Waals surface area contributed by atoms with Crippen LogP contribution in [0.2, 0.25) is 0 Å². The van der Waals surface area contributed by atoms with Gasteiger partial charge in [-0.05, 0) is 24.6 Å². The van der Waals surface area contributed by atoms with E-state index in [1.54, 1.807) is 12.3 Å². The number of nitrogens with zero attached hydrogens (tertiary/aromatic N) is 4. The van der Waals surface area contributed by atoms with E-state index in [4.69, 9.17) is 0 Å². The molecule has 3 heterocycles. The molecule has 1 amide bonds.